The Bertz CT molecular complexity index is 394. The lowest BCUT2D eigenvalue weighted by Crippen LogP contribution is -2.54. The minimum absolute atomic E-state index is 0.0977. The van der Waals surface area contributed by atoms with Crippen molar-refractivity contribution in [3.8, 4) is 0 Å². The standard InChI is InChI=1S/C11H13BrN2O/c1-11(6-7-13-10(15)14-11)8-4-2-3-5-9(8)12/h2-5H,6-7H2,1H3,(H2,13,14,15). The Morgan fingerprint density at radius 1 is 1.40 bits per heavy atom. The van der Waals surface area contributed by atoms with Crippen molar-refractivity contribution < 1.29 is 4.79 Å². The summed E-state index contributed by atoms with van der Waals surface area (Å²) in [5.41, 5.74) is 0.849. The van der Waals surface area contributed by atoms with Gasteiger partial charge >= 0.3 is 6.03 Å². The maximum atomic E-state index is 11.3. The molecule has 0 aliphatic carbocycles. The van der Waals surface area contributed by atoms with Crippen molar-refractivity contribution in [1.29, 1.82) is 0 Å². The monoisotopic (exact) mass is 268 g/mol. The van der Waals surface area contributed by atoms with Crippen molar-refractivity contribution in [2.45, 2.75) is 18.9 Å². The van der Waals surface area contributed by atoms with E-state index in [2.05, 4.69) is 26.6 Å². The summed E-state index contributed by atoms with van der Waals surface area (Å²) in [5.74, 6) is 0. The number of carbonyl (C=O) groups excluding carboxylic acids is 1. The number of nitrogens with one attached hydrogen (secondary N) is 2. The largest absolute Gasteiger partial charge is 0.338 e. The first-order valence-corrected chi connectivity index (χ1v) is 5.72. The molecule has 0 spiro atoms. The Morgan fingerprint density at radius 3 is 2.80 bits per heavy atom. The van der Waals surface area contributed by atoms with Gasteiger partial charge in [0.25, 0.3) is 0 Å². The average molecular weight is 269 g/mol. The SMILES string of the molecule is CC1(c2ccccc2Br)CCNC(=O)N1. The maximum Gasteiger partial charge on any atom is 0.315 e. The van der Waals surface area contributed by atoms with Crippen LogP contribution in [0.25, 0.3) is 0 Å². The minimum Gasteiger partial charge on any atom is -0.338 e. The molecule has 1 heterocycles. The van der Waals surface area contributed by atoms with Crippen LogP contribution in [0.4, 0.5) is 4.79 Å². The number of urea groups is 1. The number of halogens is 1. The van der Waals surface area contributed by atoms with Crippen LogP contribution in [0.3, 0.4) is 0 Å². The van der Waals surface area contributed by atoms with Gasteiger partial charge in [0.1, 0.15) is 0 Å². The van der Waals surface area contributed by atoms with E-state index in [-0.39, 0.29) is 11.6 Å². The first-order chi connectivity index (χ1) is 7.12. The van der Waals surface area contributed by atoms with Crippen LogP contribution in [-0.4, -0.2) is 12.6 Å². The van der Waals surface area contributed by atoms with Gasteiger partial charge in [-0.1, -0.05) is 34.1 Å². The molecule has 15 heavy (non-hydrogen) atoms. The Morgan fingerprint density at radius 2 is 2.13 bits per heavy atom. The first kappa shape index (κ1) is 10.5. The molecule has 4 heteroatoms. The van der Waals surface area contributed by atoms with E-state index in [0.717, 1.165) is 16.5 Å². The molecule has 1 aliphatic heterocycles. The van der Waals surface area contributed by atoms with E-state index in [1.807, 2.05) is 31.2 Å². The topological polar surface area (TPSA) is 41.1 Å². The molecular formula is C11H13BrN2O. The van der Waals surface area contributed by atoms with Crippen molar-refractivity contribution in [3.05, 3.63) is 34.3 Å². The first-order valence-electron chi connectivity index (χ1n) is 4.93. The second kappa shape index (κ2) is 3.85. The summed E-state index contributed by atoms with van der Waals surface area (Å²) in [4.78, 5) is 11.3. The predicted octanol–water partition coefficient (Wildman–Crippen LogP) is 2.37. The molecule has 0 radical (unpaired) electrons. The number of amides is 2. The average Bonchev–Trinajstić information content (AvgIpc) is 2.17. The fourth-order valence-electron chi connectivity index (χ4n) is 1.89. The molecule has 2 N–H and O–H groups in total. The van der Waals surface area contributed by atoms with Crippen molar-refractivity contribution in [1.82, 2.24) is 10.6 Å². The molecule has 0 bridgehead atoms. The third-order valence-electron chi connectivity index (χ3n) is 2.77. The molecular weight excluding hydrogens is 256 g/mol. The van der Waals surface area contributed by atoms with Gasteiger partial charge < -0.3 is 10.6 Å². The van der Waals surface area contributed by atoms with Gasteiger partial charge in [0.2, 0.25) is 0 Å². The molecule has 1 fully saturated rings. The normalized spacial score (nSPS) is 25.6. The lowest BCUT2D eigenvalue weighted by atomic mass is 9.87. The van der Waals surface area contributed by atoms with Gasteiger partial charge in [-0.2, -0.15) is 0 Å². The van der Waals surface area contributed by atoms with Crippen molar-refractivity contribution in [3.63, 3.8) is 0 Å². The fourth-order valence-corrected chi connectivity index (χ4v) is 2.62. The van der Waals surface area contributed by atoms with Gasteiger partial charge in [-0.3, -0.25) is 0 Å². The highest BCUT2D eigenvalue weighted by Gasteiger charge is 2.32. The zero-order chi connectivity index (χ0) is 10.9. The van der Waals surface area contributed by atoms with Crippen molar-refractivity contribution in [2.24, 2.45) is 0 Å². The van der Waals surface area contributed by atoms with Crippen molar-refractivity contribution >= 4 is 22.0 Å². The molecule has 0 saturated carbocycles. The highest BCUT2D eigenvalue weighted by Crippen LogP contribution is 2.31. The summed E-state index contributed by atoms with van der Waals surface area (Å²) in [6, 6.07) is 7.89. The predicted molar refractivity (Wildman–Crippen MR) is 62.6 cm³/mol. The lowest BCUT2D eigenvalue weighted by Gasteiger charge is -2.36. The smallest absolute Gasteiger partial charge is 0.315 e. The summed E-state index contributed by atoms with van der Waals surface area (Å²) in [7, 11) is 0. The van der Waals surface area contributed by atoms with E-state index in [9.17, 15) is 4.79 Å². The van der Waals surface area contributed by atoms with Gasteiger partial charge in [0, 0.05) is 11.0 Å². The number of hydrogen-bond acceptors (Lipinski definition) is 1. The maximum absolute atomic E-state index is 11.3. The third-order valence-corrected chi connectivity index (χ3v) is 3.46. The molecule has 1 aliphatic rings. The molecule has 1 aromatic rings. The van der Waals surface area contributed by atoms with Gasteiger partial charge in [-0.05, 0) is 25.0 Å². The van der Waals surface area contributed by atoms with E-state index in [4.69, 9.17) is 0 Å². The van der Waals surface area contributed by atoms with Gasteiger partial charge in [0.15, 0.2) is 0 Å². The molecule has 1 atom stereocenters. The van der Waals surface area contributed by atoms with Gasteiger partial charge in [-0.25, -0.2) is 4.79 Å². The Hall–Kier alpha value is -1.03. The van der Waals surface area contributed by atoms with Crippen molar-refractivity contribution in [2.75, 3.05) is 6.54 Å². The van der Waals surface area contributed by atoms with Gasteiger partial charge in [-0.15, -0.1) is 0 Å². The van der Waals surface area contributed by atoms with Crippen LogP contribution >= 0.6 is 15.9 Å². The quantitative estimate of drug-likeness (QED) is 0.807. The molecule has 1 unspecified atom stereocenters. The lowest BCUT2D eigenvalue weighted by molar-refractivity contribution is 0.211. The van der Waals surface area contributed by atoms with Crippen LogP contribution in [-0.2, 0) is 5.54 Å². The fraction of sp³-hybridized carbons (Fsp3) is 0.364. The van der Waals surface area contributed by atoms with Gasteiger partial charge in [0.05, 0.1) is 5.54 Å². The van der Waals surface area contributed by atoms with Crippen LogP contribution in [0.1, 0.15) is 18.9 Å². The van der Waals surface area contributed by atoms with E-state index in [1.54, 1.807) is 0 Å². The third kappa shape index (κ3) is 2.00. The zero-order valence-electron chi connectivity index (χ0n) is 8.51. The van der Waals surface area contributed by atoms with E-state index >= 15 is 0 Å². The summed E-state index contributed by atoms with van der Waals surface area (Å²) in [6.07, 6.45) is 0.890. The van der Waals surface area contributed by atoms with Crippen LogP contribution in [0.15, 0.2) is 28.7 Å². The summed E-state index contributed by atoms with van der Waals surface area (Å²) >= 11 is 3.52. The molecule has 2 rings (SSSR count). The molecule has 80 valence electrons. The van der Waals surface area contributed by atoms with Crippen LogP contribution < -0.4 is 10.6 Å². The Labute approximate surface area is 97.4 Å². The number of rotatable bonds is 1. The molecule has 1 aromatic carbocycles. The summed E-state index contributed by atoms with van der Waals surface area (Å²) < 4.78 is 1.04. The molecule has 1 saturated heterocycles. The highest BCUT2D eigenvalue weighted by molar-refractivity contribution is 9.10. The highest BCUT2D eigenvalue weighted by atomic mass is 79.9. The Balaban J connectivity index is 2.36. The second-order valence-electron chi connectivity index (χ2n) is 3.94. The summed E-state index contributed by atoms with van der Waals surface area (Å²) in [6.45, 7) is 2.76. The van der Waals surface area contributed by atoms with Crippen LogP contribution in [0, 0.1) is 0 Å². The van der Waals surface area contributed by atoms with E-state index < -0.39 is 0 Å². The summed E-state index contributed by atoms with van der Waals surface area (Å²) in [5, 5.41) is 5.73. The minimum atomic E-state index is -0.275. The number of carbonyl (C=O) groups is 1. The van der Waals surface area contributed by atoms with Crippen LogP contribution in [0.2, 0.25) is 0 Å². The second-order valence-corrected chi connectivity index (χ2v) is 4.80. The zero-order valence-corrected chi connectivity index (χ0v) is 10.1. The molecule has 3 nitrogen and oxygen atoms in total. The van der Waals surface area contributed by atoms with E-state index in [0.29, 0.717) is 6.54 Å². The van der Waals surface area contributed by atoms with Crippen LogP contribution in [0.5, 0.6) is 0 Å². The van der Waals surface area contributed by atoms with E-state index in [1.165, 1.54) is 0 Å². The molecule has 2 amide bonds. The number of hydrogen-bond donors (Lipinski definition) is 2. The Kier molecular flexibility index (Phi) is 2.69. The molecule has 0 aromatic heterocycles. The number of benzene rings is 1.